The third-order valence-electron chi connectivity index (χ3n) is 4.66. The van der Waals surface area contributed by atoms with Crippen LogP contribution < -0.4 is 10.6 Å². The van der Waals surface area contributed by atoms with E-state index < -0.39 is 12.0 Å². The van der Waals surface area contributed by atoms with Crippen LogP contribution in [0.2, 0.25) is 0 Å². The number of nitrogens with one attached hydrogen (secondary N) is 2. The Labute approximate surface area is 177 Å². The molecule has 0 bridgehead atoms. The van der Waals surface area contributed by atoms with E-state index in [9.17, 15) is 14.4 Å². The Morgan fingerprint density at radius 3 is 2.28 bits per heavy atom. The molecule has 0 aliphatic heterocycles. The van der Waals surface area contributed by atoms with Gasteiger partial charge in [0, 0.05) is 0 Å². The van der Waals surface area contributed by atoms with Crippen LogP contribution in [0.5, 0.6) is 0 Å². The quantitative estimate of drug-likeness (QED) is 0.208. The van der Waals surface area contributed by atoms with Crippen LogP contribution in [-0.2, 0) is 19.1 Å². The molecule has 0 saturated heterocycles. The molecule has 0 saturated carbocycles. The van der Waals surface area contributed by atoms with Crippen molar-refractivity contribution in [1.82, 2.24) is 10.6 Å². The van der Waals surface area contributed by atoms with Gasteiger partial charge in [-0.15, -0.1) is 0 Å². The number of rotatable bonds is 18. The molecule has 29 heavy (non-hydrogen) atoms. The third kappa shape index (κ3) is 14.7. The molecule has 0 aromatic carbocycles. The van der Waals surface area contributed by atoms with E-state index in [1.807, 2.05) is 0 Å². The number of carbonyl (C=O) groups is 3. The molecule has 6 nitrogen and oxygen atoms in total. The molecule has 7 heteroatoms. The average Bonchev–Trinajstić information content (AvgIpc) is 2.71. The van der Waals surface area contributed by atoms with Gasteiger partial charge in [-0.25, -0.2) is 0 Å². The monoisotopic (exact) mass is 406 g/mol. The summed E-state index contributed by atoms with van der Waals surface area (Å²) in [7, 11) is 3.59. The van der Waals surface area contributed by atoms with Gasteiger partial charge in [-0.1, -0.05) is 45.4 Å². The Bertz CT molecular complexity index is 523. The number of hydrogen-bond acceptors (Lipinski definition) is 4. The van der Waals surface area contributed by atoms with Crippen molar-refractivity contribution in [2.45, 2.75) is 90.5 Å². The second kappa shape index (κ2) is 18.1. The minimum absolute atomic E-state index is 0.104. The Morgan fingerprint density at radius 2 is 1.66 bits per heavy atom. The number of carbonyl (C=O) groups excluding carboxylic acids is 3. The number of esters is 1. The molecular weight excluding hydrogens is 367 g/mol. The Kier molecular flexibility index (Phi) is 16.9. The summed E-state index contributed by atoms with van der Waals surface area (Å²) in [6.45, 7) is 8.21. The predicted octanol–water partition coefficient (Wildman–Crippen LogP) is 2.72. The van der Waals surface area contributed by atoms with Crippen LogP contribution in [0.15, 0.2) is 12.7 Å². The summed E-state index contributed by atoms with van der Waals surface area (Å²) in [6.07, 6.45) is 11.7. The molecule has 0 rings (SSSR count). The molecule has 164 valence electrons. The minimum atomic E-state index is -0.633. The fourth-order valence-corrected chi connectivity index (χ4v) is 2.88. The first-order valence-corrected chi connectivity index (χ1v) is 11.0. The number of hydrogen-bond donors (Lipinski definition) is 2. The fourth-order valence-electron chi connectivity index (χ4n) is 2.88. The molecule has 0 unspecified atom stereocenters. The second-order valence-electron chi connectivity index (χ2n) is 7.22. The van der Waals surface area contributed by atoms with Gasteiger partial charge in [-0.2, -0.15) is 0 Å². The molecule has 1 atom stereocenters. The predicted molar refractivity (Wildman–Crippen MR) is 120 cm³/mol. The topological polar surface area (TPSA) is 84.5 Å². The van der Waals surface area contributed by atoms with E-state index in [2.05, 4.69) is 31.6 Å². The van der Waals surface area contributed by atoms with E-state index in [0.29, 0.717) is 37.7 Å². The first kappa shape index (κ1) is 27.1. The Hall–Kier alpha value is -1.92. The van der Waals surface area contributed by atoms with Gasteiger partial charge in [0.05, 0.1) is 0 Å². The summed E-state index contributed by atoms with van der Waals surface area (Å²) in [4.78, 5) is 35.9. The van der Waals surface area contributed by atoms with Crippen molar-refractivity contribution in [2.24, 2.45) is 0 Å². The van der Waals surface area contributed by atoms with E-state index in [1.54, 1.807) is 6.92 Å². The van der Waals surface area contributed by atoms with E-state index in [-0.39, 0.29) is 18.4 Å². The molecule has 0 aliphatic rings. The molecule has 0 spiro atoms. The van der Waals surface area contributed by atoms with Crippen molar-refractivity contribution in [3.63, 3.8) is 0 Å². The van der Waals surface area contributed by atoms with Crippen LogP contribution in [0.25, 0.3) is 0 Å². The maximum absolute atomic E-state index is 12.2. The van der Waals surface area contributed by atoms with Crippen LogP contribution in [-0.4, -0.2) is 49.9 Å². The van der Waals surface area contributed by atoms with Gasteiger partial charge in [-0.05, 0) is 0 Å². The normalized spacial score (nSPS) is 11.3. The van der Waals surface area contributed by atoms with Crippen molar-refractivity contribution in [1.29, 1.82) is 0 Å². The number of unbranched alkanes of at least 4 members (excludes halogenated alkanes) is 7. The molecule has 0 aromatic rings. The van der Waals surface area contributed by atoms with Crippen molar-refractivity contribution in [3.8, 4) is 0 Å². The summed E-state index contributed by atoms with van der Waals surface area (Å²) in [5, 5.41) is 5.55. The maximum atomic E-state index is 12.2. The third-order valence-corrected chi connectivity index (χ3v) is 4.66. The van der Waals surface area contributed by atoms with E-state index in [1.165, 1.54) is 31.8 Å². The van der Waals surface area contributed by atoms with Crippen LogP contribution in [0.1, 0.15) is 84.5 Å². The first-order valence-electron chi connectivity index (χ1n) is 11.0. The molecule has 0 aliphatic carbocycles. The molecule has 0 aromatic heterocycles. The number of ether oxygens (including phenoxy) is 1. The van der Waals surface area contributed by atoms with Gasteiger partial charge < -0.3 is 0 Å². The summed E-state index contributed by atoms with van der Waals surface area (Å²) >= 11 is 0. The molecule has 0 fully saturated rings. The second-order valence-corrected chi connectivity index (χ2v) is 7.22. The van der Waals surface area contributed by atoms with Gasteiger partial charge in [0.15, 0.2) is 0 Å². The van der Waals surface area contributed by atoms with E-state index in [0.717, 1.165) is 19.3 Å². The zero-order chi connectivity index (χ0) is 21.9. The van der Waals surface area contributed by atoms with E-state index in [4.69, 9.17) is 4.74 Å². The van der Waals surface area contributed by atoms with Gasteiger partial charge in [-0.3, -0.25) is 0 Å². The van der Waals surface area contributed by atoms with Gasteiger partial charge in [0.1, 0.15) is 0 Å². The van der Waals surface area contributed by atoms with Crippen molar-refractivity contribution < 1.29 is 19.1 Å². The average molecular weight is 406 g/mol. The SMILES string of the molecule is B=C(C=C)C(=O)NCCCC[C@H](NC(=O)CCCCCCCCC)C(=O)OCC. The molecule has 0 radical (unpaired) electrons. The molecule has 2 amide bonds. The number of amides is 2. The van der Waals surface area contributed by atoms with Gasteiger partial charge in [0.25, 0.3) is 0 Å². The standard InChI is InChI=1S/C22H39BN2O4/c1-4-7-8-9-10-11-12-16-20(26)25-19(22(28)29-6-3)15-13-14-17-24-21(27)18(23)5-2/h5,19,23H,2,4,6-17H2,1,3H3,(H,24,27)(H,25,26)/t19-/m0/s1. The fraction of sp³-hybridized carbons (Fsp3) is 0.727. The van der Waals surface area contributed by atoms with Gasteiger partial charge in [0.2, 0.25) is 0 Å². The Balaban J connectivity index is 4.16. The van der Waals surface area contributed by atoms with E-state index >= 15 is 0 Å². The van der Waals surface area contributed by atoms with Crippen LogP contribution >= 0.6 is 0 Å². The summed E-state index contributed by atoms with van der Waals surface area (Å²) in [5.41, 5.74) is 0.326. The molecule has 2 N–H and O–H groups in total. The molecule has 0 heterocycles. The zero-order valence-electron chi connectivity index (χ0n) is 18.4. The zero-order valence-corrected chi connectivity index (χ0v) is 18.4. The van der Waals surface area contributed by atoms with Crippen molar-refractivity contribution in [3.05, 3.63) is 12.7 Å². The van der Waals surface area contributed by atoms with Crippen molar-refractivity contribution in [2.75, 3.05) is 13.2 Å². The summed E-state index contributed by atoms with van der Waals surface area (Å²) in [6, 6.07) is -0.633. The Morgan fingerprint density at radius 1 is 1.00 bits per heavy atom. The van der Waals surface area contributed by atoms with Crippen LogP contribution in [0.3, 0.4) is 0 Å². The van der Waals surface area contributed by atoms with Crippen LogP contribution in [0.4, 0.5) is 0 Å². The van der Waals surface area contributed by atoms with Crippen LogP contribution in [0, 0.1) is 0 Å². The van der Waals surface area contributed by atoms with Gasteiger partial charge >= 0.3 is 131 Å². The first-order chi connectivity index (χ1) is 14.0. The summed E-state index contributed by atoms with van der Waals surface area (Å²) in [5.74, 6) is -0.748. The summed E-state index contributed by atoms with van der Waals surface area (Å²) < 4.78 is 5.08. The molecular formula is C22H39BN2O4. The van der Waals surface area contributed by atoms with Crippen molar-refractivity contribution >= 4 is 30.7 Å².